The van der Waals surface area contributed by atoms with Crippen molar-refractivity contribution < 1.29 is 13.9 Å². The Balaban J connectivity index is 1.70. The topological polar surface area (TPSA) is 67.4 Å². The molecule has 6 nitrogen and oxygen atoms in total. The summed E-state index contributed by atoms with van der Waals surface area (Å²) in [5.41, 5.74) is 2.55. The SMILES string of the molecule is CNc1cc2c(nn1)CCN(C(=O)Cc1ccc(OC)c(F)c1)C2. The van der Waals surface area contributed by atoms with Crippen molar-refractivity contribution in [2.24, 2.45) is 0 Å². The van der Waals surface area contributed by atoms with E-state index < -0.39 is 5.82 Å². The van der Waals surface area contributed by atoms with Crippen molar-refractivity contribution in [3.8, 4) is 5.75 Å². The van der Waals surface area contributed by atoms with E-state index in [1.165, 1.54) is 19.2 Å². The molecule has 0 saturated carbocycles. The van der Waals surface area contributed by atoms with Gasteiger partial charge in [-0.25, -0.2) is 4.39 Å². The second-order valence-corrected chi connectivity index (χ2v) is 5.66. The van der Waals surface area contributed by atoms with E-state index in [1.54, 1.807) is 18.0 Å². The van der Waals surface area contributed by atoms with Gasteiger partial charge in [0.05, 0.1) is 19.2 Å². The van der Waals surface area contributed by atoms with Crippen LogP contribution in [0.1, 0.15) is 16.8 Å². The van der Waals surface area contributed by atoms with E-state index in [4.69, 9.17) is 4.74 Å². The average Bonchev–Trinajstić information content (AvgIpc) is 2.60. The Morgan fingerprint density at radius 3 is 2.92 bits per heavy atom. The van der Waals surface area contributed by atoms with Crippen LogP contribution in [0.15, 0.2) is 24.3 Å². The lowest BCUT2D eigenvalue weighted by atomic mass is 10.0. The van der Waals surface area contributed by atoms with Crippen molar-refractivity contribution in [3.63, 3.8) is 0 Å². The first-order chi connectivity index (χ1) is 11.6. The fourth-order valence-corrected chi connectivity index (χ4v) is 2.77. The largest absolute Gasteiger partial charge is 0.494 e. The highest BCUT2D eigenvalue weighted by atomic mass is 19.1. The van der Waals surface area contributed by atoms with Crippen LogP contribution in [0.5, 0.6) is 5.75 Å². The van der Waals surface area contributed by atoms with Gasteiger partial charge in [-0.2, -0.15) is 5.10 Å². The number of carbonyl (C=O) groups excluding carboxylic acids is 1. The summed E-state index contributed by atoms with van der Waals surface area (Å²) in [6.07, 6.45) is 0.836. The number of methoxy groups -OCH3 is 1. The highest BCUT2D eigenvalue weighted by molar-refractivity contribution is 5.79. The summed E-state index contributed by atoms with van der Waals surface area (Å²) in [5, 5.41) is 11.2. The molecule has 1 aliphatic heterocycles. The Hall–Kier alpha value is -2.70. The number of rotatable bonds is 4. The summed E-state index contributed by atoms with van der Waals surface area (Å²) < 4.78 is 18.6. The summed E-state index contributed by atoms with van der Waals surface area (Å²) in [6, 6.07) is 6.51. The molecule has 0 spiro atoms. The van der Waals surface area contributed by atoms with E-state index in [9.17, 15) is 9.18 Å². The molecule has 0 unspecified atom stereocenters. The number of hydrogen-bond acceptors (Lipinski definition) is 5. The summed E-state index contributed by atoms with van der Waals surface area (Å²) in [7, 11) is 3.19. The summed E-state index contributed by atoms with van der Waals surface area (Å²) >= 11 is 0. The van der Waals surface area contributed by atoms with Crippen LogP contribution in [-0.2, 0) is 24.2 Å². The van der Waals surface area contributed by atoms with Crippen LogP contribution in [-0.4, -0.2) is 41.7 Å². The minimum Gasteiger partial charge on any atom is -0.494 e. The number of hydrogen-bond donors (Lipinski definition) is 1. The summed E-state index contributed by atoms with van der Waals surface area (Å²) in [5.74, 6) is 0.366. The van der Waals surface area contributed by atoms with Crippen LogP contribution in [0.2, 0.25) is 0 Å². The van der Waals surface area contributed by atoms with E-state index in [0.29, 0.717) is 30.9 Å². The van der Waals surface area contributed by atoms with Crippen molar-refractivity contribution in [2.75, 3.05) is 26.0 Å². The first-order valence-electron chi connectivity index (χ1n) is 7.74. The lowest BCUT2D eigenvalue weighted by Gasteiger charge is -2.28. The van der Waals surface area contributed by atoms with E-state index >= 15 is 0 Å². The molecule has 24 heavy (non-hydrogen) atoms. The molecule has 0 aliphatic carbocycles. The van der Waals surface area contributed by atoms with Gasteiger partial charge < -0.3 is 15.0 Å². The van der Waals surface area contributed by atoms with Crippen LogP contribution >= 0.6 is 0 Å². The molecule has 1 aromatic carbocycles. The van der Waals surface area contributed by atoms with Gasteiger partial charge in [0, 0.05) is 26.6 Å². The highest BCUT2D eigenvalue weighted by Crippen LogP contribution is 2.21. The number of benzene rings is 1. The molecule has 7 heteroatoms. The Bertz CT molecular complexity index is 766. The number of aromatic nitrogens is 2. The zero-order chi connectivity index (χ0) is 17.1. The minimum atomic E-state index is -0.458. The molecular weight excluding hydrogens is 311 g/mol. The molecule has 126 valence electrons. The van der Waals surface area contributed by atoms with Gasteiger partial charge in [-0.3, -0.25) is 4.79 Å². The molecule has 1 amide bonds. The van der Waals surface area contributed by atoms with Crippen molar-refractivity contribution >= 4 is 11.7 Å². The van der Waals surface area contributed by atoms with Crippen molar-refractivity contribution in [2.45, 2.75) is 19.4 Å². The Morgan fingerprint density at radius 2 is 2.21 bits per heavy atom. The molecule has 0 radical (unpaired) electrons. The van der Waals surface area contributed by atoms with Crippen LogP contribution in [0.3, 0.4) is 0 Å². The second kappa shape index (κ2) is 6.82. The monoisotopic (exact) mass is 330 g/mol. The number of fused-ring (bicyclic) bond motifs is 1. The van der Waals surface area contributed by atoms with Crippen LogP contribution in [0.4, 0.5) is 10.2 Å². The number of nitrogens with zero attached hydrogens (tertiary/aromatic N) is 3. The van der Waals surface area contributed by atoms with Crippen molar-refractivity contribution in [1.82, 2.24) is 15.1 Å². The fraction of sp³-hybridized carbons (Fsp3) is 0.353. The third-order valence-corrected chi connectivity index (χ3v) is 4.12. The molecule has 0 bridgehead atoms. The fourth-order valence-electron chi connectivity index (χ4n) is 2.77. The van der Waals surface area contributed by atoms with E-state index in [-0.39, 0.29) is 18.1 Å². The number of carbonyl (C=O) groups is 1. The van der Waals surface area contributed by atoms with Gasteiger partial charge >= 0.3 is 0 Å². The molecule has 1 aliphatic rings. The van der Waals surface area contributed by atoms with E-state index in [1.807, 2.05) is 6.07 Å². The number of anilines is 1. The Morgan fingerprint density at radius 1 is 1.38 bits per heavy atom. The van der Waals surface area contributed by atoms with E-state index in [0.717, 1.165) is 11.3 Å². The average molecular weight is 330 g/mol. The zero-order valence-corrected chi connectivity index (χ0v) is 13.7. The summed E-state index contributed by atoms with van der Waals surface area (Å²) in [4.78, 5) is 14.3. The standard InChI is InChI=1S/C17H19FN4O2/c1-19-16-9-12-10-22(6-5-14(12)20-21-16)17(23)8-11-3-4-15(24-2)13(18)7-11/h3-4,7,9H,5-6,8,10H2,1-2H3,(H,19,21). The summed E-state index contributed by atoms with van der Waals surface area (Å²) in [6.45, 7) is 1.09. The molecule has 0 atom stereocenters. The van der Waals surface area contributed by atoms with Crippen LogP contribution in [0, 0.1) is 5.82 Å². The minimum absolute atomic E-state index is 0.0342. The van der Waals surface area contributed by atoms with Crippen LogP contribution in [0.25, 0.3) is 0 Å². The zero-order valence-electron chi connectivity index (χ0n) is 13.7. The first kappa shape index (κ1) is 16.2. The van der Waals surface area contributed by atoms with Gasteiger partial charge in [0.15, 0.2) is 11.6 Å². The highest BCUT2D eigenvalue weighted by Gasteiger charge is 2.22. The second-order valence-electron chi connectivity index (χ2n) is 5.66. The quantitative estimate of drug-likeness (QED) is 0.926. The molecular formula is C17H19FN4O2. The number of halogens is 1. The van der Waals surface area contributed by atoms with Gasteiger partial charge in [0.1, 0.15) is 5.82 Å². The van der Waals surface area contributed by atoms with Gasteiger partial charge in [-0.1, -0.05) is 6.07 Å². The molecule has 0 fully saturated rings. The lowest BCUT2D eigenvalue weighted by molar-refractivity contribution is -0.131. The van der Waals surface area contributed by atoms with E-state index in [2.05, 4.69) is 15.5 Å². The first-order valence-corrected chi connectivity index (χ1v) is 7.74. The van der Waals surface area contributed by atoms with Gasteiger partial charge in [0.2, 0.25) is 5.91 Å². The number of ether oxygens (including phenoxy) is 1. The predicted molar refractivity (Wildman–Crippen MR) is 87.4 cm³/mol. The molecule has 3 rings (SSSR count). The van der Waals surface area contributed by atoms with Crippen molar-refractivity contribution in [3.05, 3.63) is 46.9 Å². The molecule has 1 aromatic heterocycles. The smallest absolute Gasteiger partial charge is 0.227 e. The Kier molecular flexibility index (Phi) is 4.59. The van der Waals surface area contributed by atoms with Gasteiger partial charge in [0.25, 0.3) is 0 Å². The third kappa shape index (κ3) is 3.29. The molecule has 2 heterocycles. The molecule has 0 saturated heterocycles. The van der Waals surface area contributed by atoms with Crippen LogP contribution < -0.4 is 10.1 Å². The number of amides is 1. The lowest BCUT2D eigenvalue weighted by Crippen LogP contribution is -2.37. The maximum absolute atomic E-state index is 13.8. The number of nitrogens with one attached hydrogen (secondary N) is 1. The molecule has 1 N–H and O–H groups in total. The van der Waals surface area contributed by atoms with Gasteiger partial charge in [-0.15, -0.1) is 5.10 Å². The maximum atomic E-state index is 13.8. The maximum Gasteiger partial charge on any atom is 0.227 e. The third-order valence-electron chi connectivity index (χ3n) is 4.12. The Labute approximate surface area is 139 Å². The van der Waals surface area contributed by atoms with Gasteiger partial charge in [-0.05, 0) is 29.3 Å². The normalized spacial score (nSPS) is 13.4. The molecule has 2 aromatic rings. The predicted octanol–water partition coefficient (Wildman–Crippen LogP) is 1.79. The van der Waals surface area contributed by atoms with Crippen molar-refractivity contribution in [1.29, 1.82) is 0 Å².